The Kier molecular flexibility index (Phi) is 8.54. The average molecular weight is 478 g/mol. The van der Waals surface area contributed by atoms with Crippen LogP contribution in [0.25, 0.3) is 5.69 Å². The highest BCUT2D eigenvalue weighted by atomic mass is 19.1. The summed E-state index contributed by atoms with van der Waals surface area (Å²) >= 11 is 0. The normalized spacial score (nSPS) is 14.1. The Morgan fingerprint density at radius 2 is 1.94 bits per heavy atom. The minimum Gasteiger partial charge on any atom is -0.439 e. The number of halogens is 1. The molecule has 35 heavy (non-hydrogen) atoms. The van der Waals surface area contributed by atoms with Gasteiger partial charge in [0.15, 0.2) is 0 Å². The van der Waals surface area contributed by atoms with E-state index in [1.807, 2.05) is 30.3 Å². The van der Waals surface area contributed by atoms with Gasteiger partial charge in [-0.3, -0.25) is 4.90 Å². The lowest BCUT2D eigenvalue weighted by atomic mass is 10.1. The maximum Gasteiger partial charge on any atom is 0.227 e. The van der Waals surface area contributed by atoms with Crippen LogP contribution in [-0.2, 0) is 17.7 Å². The third-order valence-electron chi connectivity index (χ3n) is 5.94. The van der Waals surface area contributed by atoms with Crippen LogP contribution in [0.3, 0.4) is 0 Å². The van der Waals surface area contributed by atoms with Gasteiger partial charge in [0.1, 0.15) is 18.2 Å². The summed E-state index contributed by atoms with van der Waals surface area (Å²) in [7, 11) is 0. The van der Waals surface area contributed by atoms with Crippen LogP contribution in [0.4, 0.5) is 4.39 Å². The predicted octanol–water partition coefficient (Wildman–Crippen LogP) is 4.59. The molecule has 4 rings (SSSR count). The van der Waals surface area contributed by atoms with Gasteiger partial charge in [0, 0.05) is 19.6 Å². The van der Waals surface area contributed by atoms with E-state index < -0.39 is 6.10 Å². The van der Waals surface area contributed by atoms with Gasteiger partial charge < -0.3 is 14.6 Å². The van der Waals surface area contributed by atoms with Crippen LogP contribution in [0.2, 0.25) is 0 Å². The molecule has 1 N–H and O–H groups in total. The molecule has 3 aromatic rings. The Hall–Kier alpha value is -3.18. The molecule has 1 aliphatic carbocycles. The van der Waals surface area contributed by atoms with Crippen molar-refractivity contribution in [3.63, 3.8) is 0 Å². The van der Waals surface area contributed by atoms with Gasteiger partial charge in [-0.05, 0) is 61.6 Å². The van der Waals surface area contributed by atoms with Gasteiger partial charge in [-0.15, -0.1) is 6.42 Å². The molecule has 0 bridgehead atoms. The molecule has 1 atom stereocenters. The standard InChI is InChI=1S/C28H32FN3O3/c1-3-16-34-20-24(33)18-31(17-21-10-11-21)19-26-27(4-2)30-32(23-8-6-5-7-9-23)28(26)35-25-14-12-22(29)13-15-25/h1,5-9,12-15,21,24,33H,4,10-11,16-20H2,2H3. The largest absolute Gasteiger partial charge is 0.439 e. The first-order valence-corrected chi connectivity index (χ1v) is 12.1. The number of aliphatic hydroxyl groups excluding tert-OH is 1. The lowest BCUT2D eigenvalue weighted by molar-refractivity contribution is 0.0249. The van der Waals surface area contributed by atoms with Gasteiger partial charge in [0.2, 0.25) is 5.88 Å². The van der Waals surface area contributed by atoms with E-state index in [1.165, 1.54) is 25.0 Å². The number of terminal acetylenes is 1. The Balaban J connectivity index is 1.66. The van der Waals surface area contributed by atoms with Gasteiger partial charge in [0.25, 0.3) is 0 Å². The van der Waals surface area contributed by atoms with E-state index in [2.05, 4.69) is 17.7 Å². The van der Waals surface area contributed by atoms with Gasteiger partial charge in [-0.25, -0.2) is 9.07 Å². The summed E-state index contributed by atoms with van der Waals surface area (Å²) in [5.41, 5.74) is 2.75. The monoisotopic (exact) mass is 477 g/mol. The fraction of sp³-hybridized carbons (Fsp3) is 0.393. The van der Waals surface area contributed by atoms with Gasteiger partial charge in [-0.1, -0.05) is 31.0 Å². The molecule has 1 aromatic heterocycles. The maximum absolute atomic E-state index is 13.5. The molecule has 184 valence electrons. The molecule has 0 radical (unpaired) electrons. The average Bonchev–Trinajstić information content (AvgIpc) is 3.62. The molecule has 0 saturated heterocycles. The van der Waals surface area contributed by atoms with Gasteiger partial charge in [0.05, 0.1) is 29.7 Å². The molecule has 1 unspecified atom stereocenters. The fourth-order valence-corrected chi connectivity index (χ4v) is 4.08. The zero-order valence-corrected chi connectivity index (χ0v) is 20.1. The zero-order chi connectivity index (χ0) is 24.6. The summed E-state index contributed by atoms with van der Waals surface area (Å²) in [5.74, 6) is 3.86. The Morgan fingerprint density at radius 3 is 2.60 bits per heavy atom. The molecular formula is C28H32FN3O3. The molecule has 7 heteroatoms. The van der Waals surface area contributed by atoms with Crippen molar-refractivity contribution in [3.05, 3.63) is 71.7 Å². The molecule has 0 amide bonds. The highest BCUT2D eigenvalue weighted by Gasteiger charge is 2.28. The van der Waals surface area contributed by atoms with Crippen LogP contribution in [0.5, 0.6) is 11.6 Å². The van der Waals surface area contributed by atoms with E-state index in [1.54, 1.807) is 16.8 Å². The quantitative estimate of drug-likeness (QED) is 0.288. The minimum atomic E-state index is -0.655. The lowest BCUT2D eigenvalue weighted by Crippen LogP contribution is -2.36. The van der Waals surface area contributed by atoms with Crippen molar-refractivity contribution in [2.24, 2.45) is 5.92 Å². The number of nitrogens with zero attached hydrogens (tertiary/aromatic N) is 3. The van der Waals surface area contributed by atoms with Crippen molar-refractivity contribution < 1.29 is 19.0 Å². The van der Waals surface area contributed by atoms with E-state index in [0.29, 0.717) is 30.6 Å². The van der Waals surface area contributed by atoms with Crippen LogP contribution >= 0.6 is 0 Å². The van der Waals surface area contributed by atoms with Gasteiger partial charge >= 0.3 is 0 Å². The molecule has 2 aromatic carbocycles. The SMILES string of the molecule is C#CCOCC(O)CN(Cc1c(CC)nn(-c2ccccc2)c1Oc1ccc(F)cc1)CC1CC1. The number of hydrogen-bond donors (Lipinski definition) is 1. The number of hydrogen-bond acceptors (Lipinski definition) is 5. The van der Waals surface area contributed by atoms with Crippen molar-refractivity contribution in [3.8, 4) is 29.7 Å². The highest BCUT2D eigenvalue weighted by molar-refractivity contribution is 5.43. The summed E-state index contributed by atoms with van der Waals surface area (Å²) in [4.78, 5) is 2.24. The van der Waals surface area contributed by atoms with E-state index in [0.717, 1.165) is 29.9 Å². The summed E-state index contributed by atoms with van der Waals surface area (Å²) in [6.45, 7) is 4.33. The number of rotatable bonds is 13. The molecule has 0 spiro atoms. The first-order valence-electron chi connectivity index (χ1n) is 12.1. The second-order valence-corrected chi connectivity index (χ2v) is 8.90. The Bertz CT molecular complexity index is 1120. The molecule has 0 aliphatic heterocycles. The van der Waals surface area contributed by atoms with Crippen molar-refractivity contribution in [2.75, 3.05) is 26.3 Å². The molecule has 1 fully saturated rings. The second-order valence-electron chi connectivity index (χ2n) is 8.90. The smallest absolute Gasteiger partial charge is 0.227 e. The first-order chi connectivity index (χ1) is 17.1. The summed E-state index contributed by atoms with van der Waals surface area (Å²) in [6, 6.07) is 15.8. The van der Waals surface area contributed by atoms with Crippen LogP contribution in [-0.4, -0.2) is 52.2 Å². The molecule has 6 nitrogen and oxygen atoms in total. The van der Waals surface area contributed by atoms with Crippen molar-refractivity contribution in [1.29, 1.82) is 0 Å². The summed E-state index contributed by atoms with van der Waals surface area (Å²) < 4.78 is 27.0. The zero-order valence-electron chi connectivity index (χ0n) is 20.1. The topological polar surface area (TPSA) is 59.8 Å². The third-order valence-corrected chi connectivity index (χ3v) is 5.94. The molecule has 1 aliphatic rings. The van der Waals surface area contributed by atoms with Gasteiger partial charge in [-0.2, -0.15) is 5.10 Å². The molecular weight excluding hydrogens is 445 g/mol. The summed E-state index contributed by atoms with van der Waals surface area (Å²) in [5, 5.41) is 15.5. The van der Waals surface area contributed by atoms with E-state index in [9.17, 15) is 9.50 Å². The second kappa shape index (κ2) is 12.0. The van der Waals surface area contributed by atoms with Crippen LogP contribution < -0.4 is 4.74 Å². The fourth-order valence-electron chi connectivity index (χ4n) is 4.08. The van der Waals surface area contributed by atoms with Crippen molar-refractivity contribution in [1.82, 2.24) is 14.7 Å². The number of aryl methyl sites for hydroxylation is 1. The predicted molar refractivity (Wildman–Crippen MR) is 133 cm³/mol. The van der Waals surface area contributed by atoms with Crippen LogP contribution in [0.1, 0.15) is 31.0 Å². The van der Waals surface area contributed by atoms with E-state index >= 15 is 0 Å². The van der Waals surface area contributed by atoms with E-state index in [-0.39, 0.29) is 19.0 Å². The Morgan fingerprint density at radius 1 is 1.20 bits per heavy atom. The molecule has 1 saturated carbocycles. The molecule has 1 heterocycles. The highest BCUT2D eigenvalue weighted by Crippen LogP contribution is 2.34. The third kappa shape index (κ3) is 6.92. The van der Waals surface area contributed by atoms with Crippen LogP contribution in [0, 0.1) is 24.1 Å². The number of para-hydroxylation sites is 1. The van der Waals surface area contributed by atoms with Crippen molar-refractivity contribution in [2.45, 2.75) is 38.8 Å². The number of benzene rings is 2. The maximum atomic E-state index is 13.5. The Labute approximate surface area is 206 Å². The number of aliphatic hydroxyl groups is 1. The first kappa shape index (κ1) is 24.9. The number of ether oxygens (including phenoxy) is 2. The minimum absolute atomic E-state index is 0.180. The summed E-state index contributed by atoms with van der Waals surface area (Å²) in [6.07, 6.45) is 7.71. The lowest BCUT2D eigenvalue weighted by Gasteiger charge is -2.25. The number of aromatic nitrogens is 2. The van der Waals surface area contributed by atoms with Crippen LogP contribution in [0.15, 0.2) is 54.6 Å². The van der Waals surface area contributed by atoms with E-state index in [4.69, 9.17) is 21.0 Å². The van der Waals surface area contributed by atoms with Crippen molar-refractivity contribution >= 4 is 0 Å².